The Balaban J connectivity index is 2.23. The highest BCUT2D eigenvalue weighted by molar-refractivity contribution is 9.11. The van der Waals surface area contributed by atoms with Crippen molar-refractivity contribution in [3.05, 3.63) is 45.1 Å². The number of hydrogen-bond acceptors (Lipinski definition) is 5. The van der Waals surface area contributed by atoms with E-state index in [9.17, 15) is 0 Å². The molecule has 0 bridgehead atoms. The lowest BCUT2D eigenvalue weighted by Gasteiger charge is -2.20. The van der Waals surface area contributed by atoms with Gasteiger partial charge in [-0.25, -0.2) is 15.8 Å². The van der Waals surface area contributed by atoms with E-state index in [0.717, 1.165) is 21.3 Å². The van der Waals surface area contributed by atoms with Crippen molar-refractivity contribution in [1.29, 1.82) is 0 Å². The molecule has 0 aliphatic heterocycles. The van der Waals surface area contributed by atoms with Gasteiger partial charge < -0.3 is 10.3 Å². The van der Waals surface area contributed by atoms with Gasteiger partial charge in [-0.1, -0.05) is 28.1 Å². The zero-order valence-corrected chi connectivity index (χ0v) is 13.4. The smallest absolute Gasteiger partial charge is 0.159 e. The number of anilines is 2. The second-order valence-electron chi connectivity index (χ2n) is 3.99. The summed E-state index contributed by atoms with van der Waals surface area (Å²) in [6.45, 7) is 0.735. The number of nitrogens with zero attached hydrogens (tertiary/aromatic N) is 3. The van der Waals surface area contributed by atoms with Gasteiger partial charge >= 0.3 is 0 Å². The molecule has 2 rings (SSSR count). The van der Waals surface area contributed by atoms with Crippen LogP contribution in [0.2, 0.25) is 0 Å². The summed E-state index contributed by atoms with van der Waals surface area (Å²) in [6, 6.07) is 8.15. The molecule has 2 aromatic rings. The van der Waals surface area contributed by atoms with E-state index in [1.54, 1.807) is 0 Å². The normalized spacial score (nSPS) is 10.3. The molecule has 5 nitrogen and oxygen atoms in total. The minimum absolute atomic E-state index is 0.561. The number of benzene rings is 1. The summed E-state index contributed by atoms with van der Waals surface area (Å²) < 4.78 is 1.81. The van der Waals surface area contributed by atoms with Crippen molar-refractivity contribution in [2.75, 3.05) is 17.4 Å². The fraction of sp³-hybridized carbons (Fsp3) is 0.167. The van der Waals surface area contributed by atoms with E-state index in [4.69, 9.17) is 5.84 Å². The fourth-order valence-electron chi connectivity index (χ4n) is 1.71. The predicted octanol–water partition coefficient (Wildman–Crippen LogP) is 2.92. The van der Waals surface area contributed by atoms with Crippen LogP contribution < -0.4 is 16.2 Å². The van der Waals surface area contributed by atoms with Gasteiger partial charge in [0.2, 0.25) is 0 Å². The molecule has 0 saturated carbocycles. The molecule has 7 heteroatoms. The Labute approximate surface area is 128 Å². The predicted molar refractivity (Wildman–Crippen MR) is 83.8 cm³/mol. The minimum Gasteiger partial charge on any atom is -0.354 e. The van der Waals surface area contributed by atoms with Crippen LogP contribution in [0.1, 0.15) is 5.56 Å². The van der Waals surface area contributed by atoms with E-state index in [1.165, 1.54) is 11.9 Å². The first kappa shape index (κ1) is 14.2. The summed E-state index contributed by atoms with van der Waals surface area (Å²) in [5.41, 5.74) is 3.72. The monoisotopic (exact) mass is 385 g/mol. The third-order valence-electron chi connectivity index (χ3n) is 2.58. The summed E-state index contributed by atoms with van der Waals surface area (Å²) in [7, 11) is 1.97. The molecular weight excluding hydrogens is 374 g/mol. The Kier molecular flexibility index (Phi) is 4.73. The molecule has 1 heterocycles. The van der Waals surface area contributed by atoms with Gasteiger partial charge in [0.15, 0.2) is 5.82 Å². The number of nitrogens with one attached hydrogen (secondary N) is 1. The zero-order valence-electron chi connectivity index (χ0n) is 10.3. The second kappa shape index (κ2) is 6.31. The average Bonchev–Trinajstić information content (AvgIpc) is 2.39. The van der Waals surface area contributed by atoms with Gasteiger partial charge in [-0.05, 0) is 33.6 Å². The van der Waals surface area contributed by atoms with Crippen LogP contribution in [-0.4, -0.2) is 17.0 Å². The number of nitrogens with two attached hydrogens (primary N) is 1. The van der Waals surface area contributed by atoms with Gasteiger partial charge in [0, 0.05) is 18.1 Å². The number of hydrazine groups is 1. The van der Waals surface area contributed by atoms with E-state index in [0.29, 0.717) is 5.82 Å². The molecule has 0 unspecified atom stereocenters. The van der Waals surface area contributed by atoms with Gasteiger partial charge in [0.25, 0.3) is 0 Å². The lowest BCUT2D eigenvalue weighted by Crippen LogP contribution is -2.20. The highest BCUT2D eigenvalue weighted by atomic mass is 79.9. The van der Waals surface area contributed by atoms with Crippen molar-refractivity contribution in [2.24, 2.45) is 5.84 Å². The zero-order chi connectivity index (χ0) is 13.8. The maximum absolute atomic E-state index is 5.40. The molecule has 0 fully saturated rings. The van der Waals surface area contributed by atoms with E-state index < -0.39 is 0 Å². The summed E-state index contributed by atoms with van der Waals surface area (Å²) >= 11 is 6.92. The Bertz CT molecular complexity index is 576. The van der Waals surface area contributed by atoms with Gasteiger partial charge in [0.05, 0.1) is 0 Å². The molecule has 19 heavy (non-hydrogen) atoms. The molecule has 0 aliphatic rings. The van der Waals surface area contributed by atoms with Gasteiger partial charge in [-0.3, -0.25) is 0 Å². The number of aromatic nitrogens is 2. The van der Waals surface area contributed by atoms with E-state index in [2.05, 4.69) is 59.4 Å². The van der Waals surface area contributed by atoms with Crippen molar-refractivity contribution < 1.29 is 0 Å². The van der Waals surface area contributed by atoms with Gasteiger partial charge in [-0.2, -0.15) is 0 Å². The molecule has 0 saturated heterocycles. The average molecular weight is 387 g/mol. The third kappa shape index (κ3) is 3.43. The largest absolute Gasteiger partial charge is 0.354 e. The molecule has 0 radical (unpaired) electrons. The van der Waals surface area contributed by atoms with Crippen molar-refractivity contribution in [3.8, 4) is 0 Å². The first-order valence-electron chi connectivity index (χ1n) is 5.54. The summed E-state index contributed by atoms with van der Waals surface area (Å²) in [5.74, 6) is 6.74. The van der Waals surface area contributed by atoms with Crippen LogP contribution in [0.4, 0.5) is 11.6 Å². The highest BCUT2D eigenvalue weighted by Crippen LogP contribution is 2.29. The SMILES string of the molecule is CN(Cc1cccc(Br)c1)c1ncnc(NN)c1Br. The number of halogens is 2. The van der Waals surface area contributed by atoms with E-state index >= 15 is 0 Å². The van der Waals surface area contributed by atoms with Crippen LogP contribution >= 0.6 is 31.9 Å². The molecule has 0 atom stereocenters. The minimum atomic E-state index is 0.561. The van der Waals surface area contributed by atoms with Crippen LogP contribution in [0.25, 0.3) is 0 Å². The Hall–Kier alpha value is -1.18. The first-order valence-corrected chi connectivity index (χ1v) is 7.13. The molecule has 1 aromatic carbocycles. The molecule has 0 spiro atoms. The fourth-order valence-corrected chi connectivity index (χ4v) is 2.78. The molecule has 100 valence electrons. The molecule has 0 aliphatic carbocycles. The maximum atomic E-state index is 5.40. The van der Waals surface area contributed by atoms with Gasteiger partial charge in [-0.15, -0.1) is 0 Å². The Morgan fingerprint density at radius 1 is 1.32 bits per heavy atom. The number of hydrogen-bond donors (Lipinski definition) is 2. The second-order valence-corrected chi connectivity index (χ2v) is 5.70. The highest BCUT2D eigenvalue weighted by Gasteiger charge is 2.12. The lowest BCUT2D eigenvalue weighted by molar-refractivity contribution is 0.885. The number of nitrogen functional groups attached to an aromatic ring is 1. The maximum Gasteiger partial charge on any atom is 0.159 e. The summed E-state index contributed by atoms with van der Waals surface area (Å²) in [4.78, 5) is 10.3. The molecular formula is C12H13Br2N5. The first-order chi connectivity index (χ1) is 9.11. The van der Waals surface area contributed by atoms with Crippen LogP contribution in [0.5, 0.6) is 0 Å². The molecule has 0 amide bonds. The van der Waals surface area contributed by atoms with Gasteiger partial charge in [0.1, 0.15) is 16.6 Å². The third-order valence-corrected chi connectivity index (χ3v) is 3.80. The topological polar surface area (TPSA) is 67.1 Å². The van der Waals surface area contributed by atoms with Crippen molar-refractivity contribution in [2.45, 2.75) is 6.54 Å². The van der Waals surface area contributed by atoms with Crippen LogP contribution in [-0.2, 0) is 6.54 Å². The molecule has 3 N–H and O–H groups in total. The van der Waals surface area contributed by atoms with Crippen molar-refractivity contribution in [1.82, 2.24) is 9.97 Å². The van der Waals surface area contributed by atoms with Crippen LogP contribution in [0, 0.1) is 0 Å². The van der Waals surface area contributed by atoms with Crippen LogP contribution in [0.3, 0.4) is 0 Å². The van der Waals surface area contributed by atoms with E-state index in [-0.39, 0.29) is 0 Å². The standard InChI is InChI=1S/C12H13Br2N5/c1-19(6-8-3-2-4-9(13)5-8)12-10(14)11(18-15)16-7-17-12/h2-5,7H,6,15H2,1H3,(H,16,17,18). The number of rotatable bonds is 4. The Morgan fingerprint density at radius 2 is 2.11 bits per heavy atom. The molecule has 1 aromatic heterocycles. The van der Waals surface area contributed by atoms with Crippen LogP contribution in [0.15, 0.2) is 39.5 Å². The Morgan fingerprint density at radius 3 is 2.79 bits per heavy atom. The van der Waals surface area contributed by atoms with Crippen molar-refractivity contribution >= 4 is 43.5 Å². The quantitative estimate of drug-likeness (QED) is 0.624. The summed E-state index contributed by atoms with van der Waals surface area (Å²) in [6.07, 6.45) is 1.48. The van der Waals surface area contributed by atoms with E-state index in [1.807, 2.05) is 24.1 Å². The summed E-state index contributed by atoms with van der Waals surface area (Å²) in [5, 5.41) is 0. The lowest BCUT2D eigenvalue weighted by atomic mass is 10.2. The van der Waals surface area contributed by atoms with Crippen molar-refractivity contribution in [3.63, 3.8) is 0 Å².